The summed E-state index contributed by atoms with van der Waals surface area (Å²) in [4.78, 5) is 0. The fourth-order valence-corrected chi connectivity index (χ4v) is 2.73. The summed E-state index contributed by atoms with van der Waals surface area (Å²) in [5.74, 6) is 2.24. The zero-order valence-electron chi connectivity index (χ0n) is 12.1. The number of benzene rings is 1. The zero-order chi connectivity index (χ0) is 14.5. The predicted molar refractivity (Wildman–Crippen MR) is 81.4 cm³/mol. The van der Waals surface area contributed by atoms with Gasteiger partial charge in [0.1, 0.15) is 17.3 Å². The van der Waals surface area contributed by atoms with Crippen LogP contribution in [0.3, 0.4) is 0 Å². The molecule has 1 aromatic carbocycles. The topological polar surface area (TPSA) is 37.2 Å². The normalized spacial score (nSPS) is 16.2. The van der Waals surface area contributed by atoms with Gasteiger partial charge < -0.3 is 15.1 Å². The highest BCUT2D eigenvalue weighted by molar-refractivity contribution is 5.57. The van der Waals surface area contributed by atoms with Gasteiger partial charge in [-0.05, 0) is 74.8 Å². The van der Waals surface area contributed by atoms with Gasteiger partial charge in [-0.2, -0.15) is 0 Å². The summed E-state index contributed by atoms with van der Waals surface area (Å²) in [6.45, 7) is 4.03. The lowest BCUT2D eigenvalue weighted by atomic mass is 9.98. The molecule has 1 saturated heterocycles. The monoisotopic (exact) mass is 288 g/mol. The molecule has 1 aromatic heterocycles. The Labute approximate surface area is 124 Å². The molecule has 0 spiro atoms. The third-order valence-corrected chi connectivity index (χ3v) is 3.98. The molecule has 2 aromatic rings. The van der Waals surface area contributed by atoms with Gasteiger partial charge in [0.05, 0.1) is 6.54 Å². The van der Waals surface area contributed by atoms with Crippen molar-refractivity contribution in [1.82, 2.24) is 10.6 Å². The second-order valence-corrected chi connectivity index (χ2v) is 5.60. The molecule has 3 rings (SSSR count). The first-order chi connectivity index (χ1) is 10.3. The summed E-state index contributed by atoms with van der Waals surface area (Å²) >= 11 is 0. The minimum Gasteiger partial charge on any atom is -0.460 e. The lowest BCUT2D eigenvalue weighted by molar-refractivity contribution is 0.350. The average molecular weight is 288 g/mol. The Kier molecular flexibility index (Phi) is 4.68. The van der Waals surface area contributed by atoms with Gasteiger partial charge in [-0.15, -0.1) is 0 Å². The summed E-state index contributed by atoms with van der Waals surface area (Å²) < 4.78 is 18.7. The van der Waals surface area contributed by atoms with Crippen LogP contribution in [0.15, 0.2) is 40.8 Å². The minimum absolute atomic E-state index is 0.228. The molecule has 2 heterocycles. The molecule has 21 heavy (non-hydrogen) atoms. The van der Waals surface area contributed by atoms with Crippen LogP contribution in [0.25, 0.3) is 11.3 Å². The quantitative estimate of drug-likeness (QED) is 0.887. The van der Waals surface area contributed by atoms with E-state index in [1.54, 1.807) is 12.1 Å². The maximum absolute atomic E-state index is 12.9. The van der Waals surface area contributed by atoms with E-state index < -0.39 is 0 Å². The van der Waals surface area contributed by atoms with Crippen LogP contribution in [0.4, 0.5) is 4.39 Å². The van der Waals surface area contributed by atoms with E-state index in [0.29, 0.717) is 0 Å². The Morgan fingerprint density at radius 2 is 1.86 bits per heavy atom. The van der Waals surface area contributed by atoms with E-state index in [-0.39, 0.29) is 5.82 Å². The summed E-state index contributed by atoms with van der Waals surface area (Å²) in [5, 5.41) is 6.84. The molecule has 0 atom stereocenters. The fraction of sp³-hybridized carbons (Fsp3) is 0.412. The first-order valence-electron chi connectivity index (χ1n) is 7.57. The van der Waals surface area contributed by atoms with Gasteiger partial charge in [0.25, 0.3) is 0 Å². The lowest BCUT2D eigenvalue weighted by Gasteiger charge is -2.22. The molecule has 0 saturated carbocycles. The molecule has 1 fully saturated rings. The summed E-state index contributed by atoms with van der Waals surface area (Å²) in [5.41, 5.74) is 0.904. The Balaban J connectivity index is 1.51. The molecule has 4 heteroatoms. The molecular formula is C17H21FN2O. The van der Waals surface area contributed by atoms with Gasteiger partial charge in [-0.3, -0.25) is 0 Å². The van der Waals surface area contributed by atoms with Crippen LogP contribution < -0.4 is 10.6 Å². The Morgan fingerprint density at radius 1 is 1.10 bits per heavy atom. The number of piperidine rings is 1. The van der Waals surface area contributed by atoms with Gasteiger partial charge in [-0.25, -0.2) is 4.39 Å². The second kappa shape index (κ2) is 6.87. The lowest BCUT2D eigenvalue weighted by Crippen LogP contribution is -2.33. The molecule has 0 unspecified atom stereocenters. The number of furan rings is 1. The Hall–Kier alpha value is -1.65. The first kappa shape index (κ1) is 14.3. The molecule has 112 valence electrons. The molecule has 3 nitrogen and oxygen atoms in total. The SMILES string of the molecule is Fc1ccc(-c2ccc(CNCC3CCNCC3)o2)cc1. The van der Waals surface area contributed by atoms with Crippen molar-refractivity contribution >= 4 is 0 Å². The summed E-state index contributed by atoms with van der Waals surface area (Å²) in [7, 11) is 0. The molecule has 2 N–H and O–H groups in total. The molecule has 0 radical (unpaired) electrons. The summed E-state index contributed by atoms with van der Waals surface area (Å²) in [6, 6.07) is 10.3. The maximum Gasteiger partial charge on any atom is 0.134 e. The van der Waals surface area contributed by atoms with Crippen molar-refractivity contribution in [2.45, 2.75) is 19.4 Å². The number of hydrogen-bond acceptors (Lipinski definition) is 3. The molecule has 1 aliphatic rings. The second-order valence-electron chi connectivity index (χ2n) is 5.60. The van der Waals surface area contributed by atoms with Crippen LogP contribution in [0.1, 0.15) is 18.6 Å². The van der Waals surface area contributed by atoms with Crippen molar-refractivity contribution in [3.63, 3.8) is 0 Å². The van der Waals surface area contributed by atoms with Gasteiger partial charge in [0.15, 0.2) is 0 Å². The van der Waals surface area contributed by atoms with Crippen molar-refractivity contribution in [1.29, 1.82) is 0 Å². The van der Waals surface area contributed by atoms with E-state index in [1.165, 1.54) is 25.0 Å². The minimum atomic E-state index is -0.228. The van der Waals surface area contributed by atoms with E-state index in [4.69, 9.17) is 4.42 Å². The number of nitrogens with one attached hydrogen (secondary N) is 2. The highest BCUT2D eigenvalue weighted by Gasteiger charge is 2.12. The Morgan fingerprint density at radius 3 is 2.62 bits per heavy atom. The third kappa shape index (κ3) is 3.93. The van der Waals surface area contributed by atoms with Crippen LogP contribution in [0.5, 0.6) is 0 Å². The highest BCUT2D eigenvalue weighted by Crippen LogP contribution is 2.22. The highest BCUT2D eigenvalue weighted by atomic mass is 19.1. The van der Waals surface area contributed by atoms with Gasteiger partial charge in [0, 0.05) is 5.56 Å². The first-order valence-corrected chi connectivity index (χ1v) is 7.57. The van der Waals surface area contributed by atoms with Crippen LogP contribution in [-0.2, 0) is 6.54 Å². The third-order valence-electron chi connectivity index (χ3n) is 3.98. The van der Waals surface area contributed by atoms with E-state index in [1.807, 2.05) is 12.1 Å². The van der Waals surface area contributed by atoms with Crippen molar-refractivity contribution in [3.05, 3.63) is 48.0 Å². The van der Waals surface area contributed by atoms with Gasteiger partial charge in [0.2, 0.25) is 0 Å². The number of hydrogen-bond donors (Lipinski definition) is 2. The Bertz CT molecular complexity index is 558. The van der Waals surface area contributed by atoms with Crippen LogP contribution in [-0.4, -0.2) is 19.6 Å². The van der Waals surface area contributed by atoms with Crippen LogP contribution in [0.2, 0.25) is 0 Å². The van der Waals surface area contributed by atoms with Crippen molar-refractivity contribution in [3.8, 4) is 11.3 Å². The van der Waals surface area contributed by atoms with Crippen molar-refractivity contribution in [2.24, 2.45) is 5.92 Å². The zero-order valence-corrected chi connectivity index (χ0v) is 12.1. The van der Waals surface area contributed by atoms with Crippen molar-refractivity contribution in [2.75, 3.05) is 19.6 Å². The largest absolute Gasteiger partial charge is 0.460 e. The van der Waals surface area contributed by atoms with Gasteiger partial charge in [-0.1, -0.05) is 0 Å². The van der Waals surface area contributed by atoms with E-state index >= 15 is 0 Å². The molecule has 0 bridgehead atoms. The average Bonchev–Trinajstić information content (AvgIpc) is 2.98. The predicted octanol–water partition coefficient (Wildman–Crippen LogP) is 3.17. The molecular weight excluding hydrogens is 267 g/mol. The van der Waals surface area contributed by atoms with Gasteiger partial charge >= 0.3 is 0 Å². The standard InChI is InChI=1S/C17H21FN2O/c18-15-3-1-14(2-4-15)17-6-5-16(21-17)12-20-11-13-7-9-19-10-8-13/h1-6,13,19-20H,7-12H2. The van der Waals surface area contributed by atoms with Crippen LogP contribution >= 0.6 is 0 Å². The van der Waals surface area contributed by atoms with E-state index in [2.05, 4.69) is 10.6 Å². The van der Waals surface area contributed by atoms with E-state index in [9.17, 15) is 4.39 Å². The molecule has 0 aliphatic carbocycles. The summed E-state index contributed by atoms with van der Waals surface area (Å²) in [6.07, 6.45) is 2.48. The smallest absolute Gasteiger partial charge is 0.134 e. The molecule has 1 aliphatic heterocycles. The van der Waals surface area contributed by atoms with Crippen LogP contribution in [0, 0.1) is 11.7 Å². The number of halogens is 1. The van der Waals surface area contributed by atoms with Crippen molar-refractivity contribution < 1.29 is 8.81 Å². The number of rotatable bonds is 5. The fourth-order valence-electron chi connectivity index (χ4n) is 2.73. The maximum atomic E-state index is 12.9. The van der Waals surface area contributed by atoms with E-state index in [0.717, 1.165) is 49.2 Å². The molecule has 0 amide bonds.